The van der Waals surface area contributed by atoms with Crippen LogP contribution in [-0.2, 0) is 4.74 Å². The van der Waals surface area contributed by atoms with Crippen LogP contribution in [0.25, 0.3) is 0 Å². The minimum atomic E-state index is 0.528. The normalized spacial score (nSPS) is 23.1. The Morgan fingerprint density at radius 3 is 2.69 bits per heavy atom. The third kappa shape index (κ3) is 5.27. The minimum absolute atomic E-state index is 0.528. The van der Waals surface area contributed by atoms with Gasteiger partial charge in [0.2, 0.25) is 0 Å². The van der Waals surface area contributed by atoms with Crippen LogP contribution < -0.4 is 5.32 Å². The summed E-state index contributed by atoms with van der Waals surface area (Å²) in [5.74, 6) is 0. The second-order valence-corrected chi connectivity index (χ2v) is 3.96. The molecule has 13 heavy (non-hydrogen) atoms. The summed E-state index contributed by atoms with van der Waals surface area (Å²) in [6.07, 6.45) is 7.17. The van der Waals surface area contributed by atoms with Gasteiger partial charge in [0.1, 0.15) is 0 Å². The lowest BCUT2D eigenvalue weighted by Crippen LogP contribution is -2.31. The molecule has 0 spiro atoms. The molecular formula is C11H23NO. The Labute approximate surface area is 82.0 Å². The van der Waals surface area contributed by atoms with Gasteiger partial charge >= 0.3 is 0 Å². The van der Waals surface area contributed by atoms with E-state index in [0.29, 0.717) is 6.10 Å². The van der Waals surface area contributed by atoms with Crippen LogP contribution in [0, 0.1) is 0 Å². The lowest BCUT2D eigenvalue weighted by molar-refractivity contribution is 0.370. The zero-order valence-corrected chi connectivity index (χ0v) is 9.01. The third-order valence-corrected chi connectivity index (χ3v) is 2.69. The van der Waals surface area contributed by atoms with Gasteiger partial charge in [-0.15, -0.1) is 0 Å². The lowest BCUT2D eigenvalue weighted by Gasteiger charge is -2.15. The second-order valence-electron chi connectivity index (χ2n) is 3.96. The molecule has 0 bridgehead atoms. The van der Waals surface area contributed by atoms with E-state index in [2.05, 4.69) is 19.2 Å². The van der Waals surface area contributed by atoms with Crippen molar-refractivity contribution in [3.63, 3.8) is 0 Å². The van der Waals surface area contributed by atoms with Crippen LogP contribution in [0.4, 0.5) is 0 Å². The van der Waals surface area contributed by atoms with Gasteiger partial charge in [-0.05, 0) is 12.8 Å². The SMILES string of the molecule is CCCCCC(CC)NCC1CO1. The molecule has 0 aromatic heterocycles. The van der Waals surface area contributed by atoms with Crippen molar-refractivity contribution in [3.05, 3.63) is 0 Å². The topological polar surface area (TPSA) is 24.6 Å². The van der Waals surface area contributed by atoms with Crippen molar-refractivity contribution in [1.82, 2.24) is 5.32 Å². The number of rotatable bonds is 8. The first kappa shape index (κ1) is 11.0. The molecule has 2 nitrogen and oxygen atoms in total. The Morgan fingerprint density at radius 1 is 1.38 bits per heavy atom. The molecule has 0 saturated carbocycles. The minimum Gasteiger partial charge on any atom is -0.372 e. The number of ether oxygens (including phenoxy) is 1. The van der Waals surface area contributed by atoms with Gasteiger partial charge in [-0.25, -0.2) is 0 Å². The maximum Gasteiger partial charge on any atom is 0.0934 e. The van der Waals surface area contributed by atoms with E-state index >= 15 is 0 Å². The Hall–Kier alpha value is -0.0800. The molecule has 1 heterocycles. The fraction of sp³-hybridized carbons (Fsp3) is 1.00. The highest BCUT2D eigenvalue weighted by atomic mass is 16.6. The van der Waals surface area contributed by atoms with Crippen LogP contribution in [0.2, 0.25) is 0 Å². The highest BCUT2D eigenvalue weighted by Crippen LogP contribution is 2.10. The Bertz CT molecular complexity index is 123. The molecule has 78 valence electrons. The molecule has 1 aliphatic heterocycles. The molecule has 1 saturated heterocycles. The average Bonchev–Trinajstić information content (AvgIpc) is 2.94. The molecule has 1 N–H and O–H groups in total. The highest BCUT2D eigenvalue weighted by Gasteiger charge is 2.22. The molecule has 2 unspecified atom stereocenters. The molecule has 1 aliphatic rings. The Kier molecular flexibility index (Phi) is 5.40. The van der Waals surface area contributed by atoms with E-state index in [4.69, 9.17) is 4.74 Å². The lowest BCUT2D eigenvalue weighted by atomic mass is 10.1. The first-order valence-electron chi connectivity index (χ1n) is 5.71. The van der Waals surface area contributed by atoms with Crippen LogP contribution in [0.15, 0.2) is 0 Å². The molecule has 0 aliphatic carbocycles. The summed E-state index contributed by atoms with van der Waals surface area (Å²) >= 11 is 0. The van der Waals surface area contributed by atoms with Gasteiger partial charge in [0, 0.05) is 12.6 Å². The Morgan fingerprint density at radius 2 is 2.15 bits per heavy atom. The van der Waals surface area contributed by atoms with E-state index in [1.165, 1.54) is 32.1 Å². The summed E-state index contributed by atoms with van der Waals surface area (Å²) in [6.45, 7) is 6.55. The van der Waals surface area contributed by atoms with Crippen molar-refractivity contribution in [2.45, 2.75) is 58.1 Å². The molecule has 0 amide bonds. The molecule has 0 aromatic rings. The number of hydrogen-bond donors (Lipinski definition) is 1. The summed E-state index contributed by atoms with van der Waals surface area (Å²) in [7, 11) is 0. The van der Waals surface area contributed by atoms with Crippen molar-refractivity contribution in [1.29, 1.82) is 0 Å². The molecule has 2 atom stereocenters. The van der Waals surface area contributed by atoms with Crippen LogP contribution in [-0.4, -0.2) is 25.3 Å². The number of unbranched alkanes of at least 4 members (excludes halogenated alkanes) is 2. The standard InChI is InChI=1S/C11H23NO/c1-3-5-6-7-10(4-2)12-8-11-9-13-11/h10-12H,3-9H2,1-2H3. The van der Waals surface area contributed by atoms with Gasteiger partial charge in [0.15, 0.2) is 0 Å². The largest absolute Gasteiger partial charge is 0.372 e. The van der Waals surface area contributed by atoms with Gasteiger partial charge in [0.25, 0.3) is 0 Å². The zero-order chi connectivity index (χ0) is 9.52. The smallest absolute Gasteiger partial charge is 0.0934 e. The summed E-state index contributed by atoms with van der Waals surface area (Å²) in [6, 6.07) is 0.718. The van der Waals surface area contributed by atoms with E-state index in [1.54, 1.807) is 0 Å². The zero-order valence-electron chi connectivity index (χ0n) is 9.01. The van der Waals surface area contributed by atoms with Crippen molar-refractivity contribution >= 4 is 0 Å². The van der Waals surface area contributed by atoms with Crippen molar-refractivity contribution < 1.29 is 4.74 Å². The van der Waals surface area contributed by atoms with E-state index in [0.717, 1.165) is 19.2 Å². The predicted octanol–water partition coefficient (Wildman–Crippen LogP) is 2.33. The number of nitrogens with one attached hydrogen (secondary N) is 1. The molecule has 0 aromatic carbocycles. The van der Waals surface area contributed by atoms with Gasteiger partial charge in [0.05, 0.1) is 12.7 Å². The van der Waals surface area contributed by atoms with Gasteiger partial charge in [-0.3, -0.25) is 0 Å². The van der Waals surface area contributed by atoms with E-state index in [9.17, 15) is 0 Å². The Balaban J connectivity index is 1.95. The fourth-order valence-corrected chi connectivity index (χ4v) is 1.58. The first-order chi connectivity index (χ1) is 6.36. The van der Waals surface area contributed by atoms with Crippen molar-refractivity contribution in [3.8, 4) is 0 Å². The van der Waals surface area contributed by atoms with Gasteiger partial charge < -0.3 is 10.1 Å². The van der Waals surface area contributed by atoms with Crippen LogP contribution in [0.5, 0.6) is 0 Å². The quantitative estimate of drug-likeness (QED) is 0.463. The monoisotopic (exact) mass is 185 g/mol. The van der Waals surface area contributed by atoms with Crippen molar-refractivity contribution in [2.75, 3.05) is 13.2 Å². The van der Waals surface area contributed by atoms with Crippen LogP contribution in [0.3, 0.4) is 0 Å². The number of hydrogen-bond acceptors (Lipinski definition) is 2. The molecule has 0 radical (unpaired) electrons. The fourth-order valence-electron chi connectivity index (χ4n) is 1.58. The molecule has 1 fully saturated rings. The summed E-state index contributed by atoms with van der Waals surface area (Å²) in [5, 5.41) is 3.57. The number of epoxide rings is 1. The summed E-state index contributed by atoms with van der Waals surface area (Å²) in [4.78, 5) is 0. The first-order valence-corrected chi connectivity index (χ1v) is 5.71. The van der Waals surface area contributed by atoms with E-state index in [1.807, 2.05) is 0 Å². The van der Waals surface area contributed by atoms with Crippen LogP contribution >= 0.6 is 0 Å². The summed E-state index contributed by atoms with van der Waals surface area (Å²) in [5.41, 5.74) is 0. The molecule has 1 rings (SSSR count). The molecular weight excluding hydrogens is 162 g/mol. The third-order valence-electron chi connectivity index (χ3n) is 2.69. The maximum absolute atomic E-state index is 5.17. The summed E-state index contributed by atoms with van der Waals surface area (Å²) < 4.78 is 5.17. The van der Waals surface area contributed by atoms with Crippen molar-refractivity contribution in [2.24, 2.45) is 0 Å². The van der Waals surface area contributed by atoms with E-state index in [-0.39, 0.29) is 0 Å². The maximum atomic E-state index is 5.17. The average molecular weight is 185 g/mol. The van der Waals surface area contributed by atoms with Crippen LogP contribution in [0.1, 0.15) is 46.0 Å². The van der Waals surface area contributed by atoms with Gasteiger partial charge in [-0.1, -0.05) is 33.1 Å². The second kappa shape index (κ2) is 6.39. The highest BCUT2D eigenvalue weighted by molar-refractivity contribution is 4.75. The van der Waals surface area contributed by atoms with Gasteiger partial charge in [-0.2, -0.15) is 0 Å². The van der Waals surface area contributed by atoms with E-state index < -0.39 is 0 Å². The molecule has 2 heteroatoms. The predicted molar refractivity (Wildman–Crippen MR) is 56.0 cm³/mol.